The second-order valence-corrected chi connectivity index (χ2v) is 4.65. The highest BCUT2D eigenvalue weighted by Crippen LogP contribution is 2.25. The molecule has 1 aromatic carbocycles. The first-order valence-corrected chi connectivity index (χ1v) is 6.69. The van der Waals surface area contributed by atoms with Gasteiger partial charge in [0.25, 0.3) is 5.91 Å². The number of benzene rings is 1. The van der Waals surface area contributed by atoms with Gasteiger partial charge in [-0.05, 0) is 38.5 Å². The Kier molecular flexibility index (Phi) is 5.99. The van der Waals surface area contributed by atoms with Crippen LogP contribution >= 0.6 is 11.6 Å². The number of carbonyl (C=O) groups excluding carboxylic acids is 1. The van der Waals surface area contributed by atoms with Crippen molar-refractivity contribution in [1.29, 1.82) is 0 Å². The zero-order valence-electron chi connectivity index (χ0n) is 11.1. The van der Waals surface area contributed by atoms with Crippen molar-refractivity contribution in [3.63, 3.8) is 0 Å². The van der Waals surface area contributed by atoms with Crippen molar-refractivity contribution in [2.24, 2.45) is 0 Å². The number of carbonyl (C=O) groups is 1. The third kappa shape index (κ3) is 4.22. The van der Waals surface area contributed by atoms with Crippen LogP contribution in [0.4, 0.5) is 0 Å². The van der Waals surface area contributed by atoms with Crippen molar-refractivity contribution >= 4 is 17.5 Å². The molecular weight excluding hydrogens is 250 g/mol. The lowest BCUT2D eigenvalue weighted by atomic mass is 10.1. The van der Waals surface area contributed by atoms with Gasteiger partial charge in [-0.1, -0.05) is 24.9 Å². The number of halogens is 1. The average Bonchev–Trinajstić information content (AvgIpc) is 2.32. The van der Waals surface area contributed by atoms with Gasteiger partial charge >= 0.3 is 0 Å². The van der Waals surface area contributed by atoms with Gasteiger partial charge in [-0.2, -0.15) is 0 Å². The Labute approximate surface area is 113 Å². The molecule has 0 bridgehead atoms. The Morgan fingerprint density at radius 2 is 2.17 bits per heavy atom. The minimum absolute atomic E-state index is 0.0964. The SMILES string of the molecule is CCCC(C)NC(=O)c1ccc(OCC)c(Cl)c1. The fourth-order valence-electron chi connectivity index (χ4n) is 1.73. The molecule has 0 aromatic heterocycles. The Hall–Kier alpha value is -1.22. The second-order valence-electron chi connectivity index (χ2n) is 4.24. The van der Waals surface area contributed by atoms with Crippen LogP contribution in [0.25, 0.3) is 0 Å². The molecule has 0 heterocycles. The molecule has 0 aliphatic carbocycles. The first-order valence-electron chi connectivity index (χ1n) is 6.31. The number of hydrogen-bond donors (Lipinski definition) is 1. The molecule has 1 amide bonds. The molecule has 1 unspecified atom stereocenters. The molecule has 1 N–H and O–H groups in total. The molecule has 0 saturated carbocycles. The highest BCUT2D eigenvalue weighted by Gasteiger charge is 2.11. The number of amides is 1. The molecule has 0 aliphatic rings. The van der Waals surface area contributed by atoms with Crippen LogP contribution in [0.1, 0.15) is 44.0 Å². The van der Waals surface area contributed by atoms with E-state index in [1.165, 1.54) is 0 Å². The normalized spacial score (nSPS) is 12.0. The Bertz CT molecular complexity index is 407. The molecule has 0 aliphatic heterocycles. The van der Waals surface area contributed by atoms with Gasteiger partial charge in [0, 0.05) is 11.6 Å². The third-order valence-corrected chi connectivity index (χ3v) is 2.89. The van der Waals surface area contributed by atoms with Crippen LogP contribution in [0.15, 0.2) is 18.2 Å². The van der Waals surface area contributed by atoms with Crippen molar-refractivity contribution in [2.75, 3.05) is 6.61 Å². The molecule has 4 heteroatoms. The lowest BCUT2D eigenvalue weighted by Gasteiger charge is -2.13. The van der Waals surface area contributed by atoms with E-state index >= 15 is 0 Å². The van der Waals surface area contributed by atoms with E-state index in [0.29, 0.717) is 22.9 Å². The molecule has 1 rings (SSSR count). The van der Waals surface area contributed by atoms with E-state index in [-0.39, 0.29) is 11.9 Å². The van der Waals surface area contributed by atoms with Crippen LogP contribution in [0.2, 0.25) is 5.02 Å². The van der Waals surface area contributed by atoms with Crippen molar-refractivity contribution in [3.8, 4) is 5.75 Å². The number of rotatable bonds is 6. The van der Waals surface area contributed by atoms with Crippen molar-refractivity contribution in [1.82, 2.24) is 5.32 Å². The summed E-state index contributed by atoms with van der Waals surface area (Å²) in [6.45, 7) is 6.54. The standard InChI is InChI=1S/C14H20ClNO2/c1-4-6-10(3)16-14(17)11-7-8-13(18-5-2)12(15)9-11/h7-10H,4-6H2,1-3H3,(H,16,17). The molecule has 100 valence electrons. The first kappa shape index (κ1) is 14.8. The predicted octanol–water partition coefficient (Wildman–Crippen LogP) is 3.66. The monoisotopic (exact) mass is 269 g/mol. The Balaban J connectivity index is 2.72. The predicted molar refractivity (Wildman–Crippen MR) is 74.5 cm³/mol. The van der Waals surface area contributed by atoms with Crippen LogP contribution in [0.5, 0.6) is 5.75 Å². The van der Waals surface area contributed by atoms with Gasteiger partial charge in [0.1, 0.15) is 5.75 Å². The van der Waals surface area contributed by atoms with Crippen LogP contribution < -0.4 is 10.1 Å². The highest BCUT2D eigenvalue weighted by atomic mass is 35.5. The van der Waals surface area contributed by atoms with Gasteiger partial charge < -0.3 is 10.1 Å². The molecule has 1 atom stereocenters. The van der Waals surface area contributed by atoms with Crippen LogP contribution in [0.3, 0.4) is 0 Å². The summed E-state index contributed by atoms with van der Waals surface area (Å²) in [7, 11) is 0. The van der Waals surface area contributed by atoms with E-state index in [2.05, 4.69) is 12.2 Å². The lowest BCUT2D eigenvalue weighted by molar-refractivity contribution is 0.0938. The maximum absolute atomic E-state index is 11.9. The zero-order valence-corrected chi connectivity index (χ0v) is 11.9. The molecule has 0 radical (unpaired) electrons. The van der Waals surface area contributed by atoms with Gasteiger partial charge in [0.15, 0.2) is 0 Å². The molecule has 0 saturated heterocycles. The van der Waals surface area contributed by atoms with E-state index in [1.807, 2.05) is 13.8 Å². The summed E-state index contributed by atoms with van der Waals surface area (Å²) >= 11 is 6.04. The van der Waals surface area contributed by atoms with Crippen molar-refractivity contribution in [3.05, 3.63) is 28.8 Å². The topological polar surface area (TPSA) is 38.3 Å². The summed E-state index contributed by atoms with van der Waals surface area (Å²) in [5.41, 5.74) is 0.561. The van der Waals surface area contributed by atoms with Gasteiger partial charge in [0.05, 0.1) is 11.6 Å². The van der Waals surface area contributed by atoms with Crippen molar-refractivity contribution < 1.29 is 9.53 Å². The smallest absolute Gasteiger partial charge is 0.251 e. The largest absolute Gasteiger partial charge is 0.492 e. The molecule has 1 aromatic rings. The minimum atomic E-state index is -0.0964. The lowest BCUT2D eigenvalue weighted by Crippen LogP contribution is -2.32. The zero-order chi connectivity index (χ0) is 13.5. The fraction of sp³-hybridized carbons (Fsp3) is 0.500. The quantitative estimate of drug-likeness (QED) is 0.856. The summed E-state index contributed by atoms with van der Waals surface area (Å²) in [6.07, 6.45) is 2.02. The van der Waals surface area contributed by atoms with E-state index in [4.69, 9.17) is 16.3 Å². The minimum Gasteiger partial charge on any atom is -0.492 e. The maximum atomic E-state index is 11.9. The fourth-order valence-corrected chi connectivity index (χ4v) is 1.96. The molecule has 0 fully saturated rings. The van der Waals surface area contributed by atoms with Gasteiger partial charge in [0.2, 0.25) is 0 Å². The van der Waals surface area contributed by atoms with E-state index in [1.54, 1.807) is 18.2 Å². The first-order chi connectivity index (χ1) is 8.58. The van der Waals surface area contributed by atoms with E-state index in [0.717, 1.165) is 12.8 Å². The average molecular weight is 270 g/mol. The molecular formula is C14H20ClNO2. The summed E-state index contributed by atoms with van der Waals surface area (Å²) < 4.78 is 5.33. The molecule has 3 nitrogen and oxygen atoms in total. The second kappa shape index (κ2) is 7.27. The third-order valence-electron chi connectivity index (χ3n) is 2.59. The number of nitrogens with one attached hydrogen (secondary N) is 1. The Morgan fingerprint density at radius 1 is 1.44 bits per heavy atom. The van der Waals surface area contributed by atoms with E-state index in [9.17, 15) is 4.79 Å². The van der Waals surface area contributed by atoms with Crippen LogP contribution in [-0.4, -0.2) is 18.6 Å². The summed E-state index contributed by atoms with van der Waals surface area (Å²) in [5.74, 6) is 0.512. The molecule has 0 spiro atoms. The van der Waals surface area contributed by atoms with Gasteiger partial charge in [-0.3, -0.25) is 4.79 Å². The van der Waals surface area contributed by atoms with Crippen LogP contribution in [-0.2, 0) is 0 Å². The van der Waals surface area contributed by atoms with Crippen molar-refractivity contribution in [2.45, 2.75) is 39.7 Å². The number of hydrogen-bond acceptors (Lipinski definition) is 2. The molecule has 18 heavy (non-hydrogen) atoms. The Morgan fingerprint density at radius 3 is 2.72 bits per heavy atom. The van der Waals surface area contributed by atoms with Gasteiger partial charge in [-0.25, -0.2) is 0 Å². The summed E-state index contributed by atoms with van der Waals surface area (Å²) in [6, 6.07) is 5.27. The van der Waals surface area contributed by atoms with Crippen LogP contribution in [0, 0.1) is 0 Å². The summed E-state index contributed by atoms with van der Waals surface area (Å²) in [4.78, 5) is 11.9. The number of ether oxygens (including phenoxy) is 1. The van der Waals surface area contributed by atoms with E-state index < -0.39 is 0 Å². The highest BCUT2D eigenvalue weighted by molar-refractivity contribution is 6.32. The summed E-state index contributed by atoms with van der Waals surface area (Å²) in [5, 5.41) is 3.40. The van der Waals surface area contributed by atoms with Gasteiger partial charge in [-0.15, -0.1) is 0 Å². The maximum Gasteiger partial charge on any atom is 0.251 e.